The van der Waals surface area contributed by atoms with Crippen LogP contribution in [0.3, 0.4) is 0 Å². The standard InChI is InChI=1S/C21H18ClN3O4S/c22-14-3-4-17-16(10-14)13(12-24-17)5-7-23-19(26)6-8-25-20(27)18(30-21(25)28)11-15-2-1-9-29-15/h1-4,9-12,24H,5-8H2,(H,23,26)/b18-11-. The molecule has 3 amide bonds. The van der Waals surface area contributed by atoms with Crippen molar-refractivity contribution in [3.63, 3.8) is 0 Å². The van der Waals surface area contributed by atoms with E-state index in [1.807, 2.05) is 24.4 Å². The number of carbonyl (C=O) groups excluding carboxylic acids is 3. The van der Waals surface area contributed by atoms with Crippen LogP contribution < -0.4 is 5.32 Å². The smallest absolute Gasteiger partial charge is 0.293 e. The first-order chi connectivity index (χ1) is 14.5. The summed E-state index contributed by atoms with van der Waals surface area (Å²) in [5, 5.41) is 4.13. The highest BCUT2D eigenvalue weighted by Crippen LogP contribution is 2.32. The van der Waals surface area contributed by atoms with Gasteiger partial charge in [0.15, 0.2) is 0 Å². The summed E-state index contributed by atoms with van der Waals surface area (Å²) in [7, 11) is 0. The number of hydrogen-bond acceptors (Lipinski definition) is 5. The van der Waals surface area contributed by atoms with E-state index in [0.717, 1.165) is 33.1 Å². The fourth-order valence-electron chi connectivity index (χ4n) is 3.19. The van der Waals surface area contributed by atoms with E-state index in [9.17, 15) is 14.4 Å². The third-order valence-electron chi connectivity index (χ3n) is 4.70. The van der Waals surface area contributed by atoms with E-state index < -0.39 is 5.91 Å². The molecule has 3 heterocycles. The van der Waals surface area contributed by atoms with Crippen molar-refractivity contribution in [2.24, 2.45) is 0 Å². The molecule has 7 nitrogen and oxygen atoms in total. The van der Waals surface area contributed by atoms with Gasteiger partial charge in [-0.1, -0.05) is 11.6 Å². The van der Waals surface area contributed by atoms with E-state index in [0.29, 0.717) is 23.7 Å². The summed E-state index contributed by atoms with van der Waals surface area (Å²) < 4.78 is 5.18. The first-order valence-corrected chi connectivity index (χ1v) is 10.5. The predicted octanol–water partition coefficient (Wildman–Crippen LogP) is 4.20. The molecule has 1 aliphatic rings. The van der Waals surface area contributed by atoms with Crippen LogP contribution in [0.5, 0.6) is 0 Å². The summed E-state index contributed by atoms with van der Waals surface area (Å²) in [6.07, 6.45) is 5.61. The first kappa shape index (κ1) is 20.3. The molecule has 0 unspecified atom stereocenters. The van der Waals surface area contributed by atoms with Crippen molar-refractivity contribution >= 4 is 57.4 Å². The van der Waals surface area contributed by atoms with Crippen molar-refractivity contribution in [1.29, 1.82) is 0 Å². The second-order valence-electron chi connectivity index (χ2n) is 6.70. The van der Waals surface area contributed by atoms with Gasteiger partial charge in [-0.05, 0) is 54.1 Å². The van der Waals surface area contributed by atoms with Crippen molar-refractivity contribution in [2.75, 3.05) is 13.1 Å². The summed E-state index contributed by atoms with van der Waals surface area (Å²) in [5.41, 5.74) is 2.05. The molecule has 1 aromatic carbocycles. The minimum absolute atomic E-state index is 0.0364. The van der Waals surface area contributed by atoms with Crippen molar-refractivity contribution in [3.8, 4) is 0 Å². The molecule has 30 heavy (non-hydrogen) atoms. The van der Waals surface area contributed by atoms with Gasteiger partial charge in [0.2, 0.25) is 5.91 Å². The number of benzene rings is 1. The monoisotopic (exact) mass is 443 g/mol. The normalized spacial score (nSPS) is 15.5. The van der Waals surface area contributed by atoms with Crippen LogP contribution in [0.4, 0.5) is 4.79 Å². The Morgan fingerprint density at radius 2 is 2.17 bits per heavy atom. The second-order valence-corrected chi connectivity index (χ2v) is 8.13. The van der Waals surface area contributed by atoms with Crippen molar-refractivity contribution < 1.29 is 18.8 Å². The number of furan rings is 1. The van der Waals surface area contributed by atoms with Crippen LogP contribution in [0.1, 0.15) is 17.7 Å². The average molecular weight is 444 g/mol. The molecule has 0 bridgehead atoms. The highest BCUT2D eigenvalue weighted by Gasteiger charge is 2.35. The van der Waals surface area contributed by atoms with Crippen LogP contribution in [0.25, 0.3) is 17.0 Å². The van der Waals surface area contributed by atoms with E-state index in [2.05, 4.69) is 10.3 Å². The third-order valence-corrected chi connectivity index (χ3v) is 5.84. The predicted molar refractivity (Wildman–Crippen MR) is 116 cm³/mol. The number of thioether (sulfide) groups is 1. The Bertz CT molecular complexity index is 1140. The number of aromatic nitrogens is 1. The minimum atomic E-state index is -0.412. The van der Waals surface area contributed by atoms with Gasteiger partial charge >= 0.3 is 0 Å². The molecule has 4 rings (SSSR count). The molecule has 0 spiro atoms. The maximum atomic E-state index is 12.4. The van der Waals surface area contributed by atoms with Crippen LogP contribution in [0, 0.1) is 0 Å². The van der Waals surface area contributed by atoms with Crippen LogP contribution >= 0.6 is 23.4 Å². The Morgan fingerprint density at radius 1 is 1.30 bits per heavy atom. The number of imide groups is 1. The topological polar surface area (TPSA) is 95.4 Å². The molecule has 0 saturated carbocycles. The number of nitrogens with one attached hydrogen (secondary N) is 2. The number of rotatable bonds is 7. The molecule has 2 N–H and O–H groups in total. The van der Waals surface area contributed by atoms with E-state index in [4.69, 9.17) is 16.0 Å². The maximum Gasteiger partial charge on any atom is 0.293 e. The Hall–Kier alpha value is -2.97. The molecule has 0 radical (unpaired) electrons. The Kier molecular flexibility index (Phi) is 5.96. The second kappa shape index (κ2) is 8.81. The Morgan fingerprint density at radius 3 is 2.97 bits per heavy atom. The average Bonchev–Trinajstić information content (AvgIpc) is 3.42. The molecule has 2 aromatic heterocycles. The number of H-pyrrole nitrogens is 1. The zero-order chi connectivity index (χ0) is 21.1. The van der Waals surface area contributed by atoms with Gasteiger partial charge in [0, 0.05) is 47.7 Å². The van der Waals surface area contributed by atoms with Crippen LogP contribution in [-0.4, -0.2) is 40.0 Å². The Labute approximate surface area is 181 Å². The number of nitrogens with zero attached hydrogens (tertiary/aromatic N) is 1. The van der Waals surface area contributed by atoms with Crippen molar-refractivity contribution in [2.45, 2.75) is 12.8 Å². The third kappa shape index (κ3) is 4.44. The summed E-state index contributed by atoms with van der Waals surface area (Å²) in [6, 6.07) is 9.02. The molecule has 154 valence electrons. The fourth-order valence-corrected chi connectivity index (χ4v) is 4.21. The van der Waals surface area contributed by atoms with Gasteiger partial charge in [-0.25, -0.2) is 0 Å². The number of hydrogen-bond donors (Lipinski definition) is 2. The lowest BCUT2D eigenvalue weighted by Gasteiger charge is -2.12. The molecule has 1 fully saturated rings. The zero-order valence-corrected chi connectivity index (χ0v) is 17.4. The van der Waals surface area contributed by atoms with Crippen molar-refractivity contribution in [3.05, 3.63) is 64.0 Å². The SMILES string of the molecule is O=C(CCN1C(=O)S/C(=C\c2ccco2)C1=O)NCCc1c[nH]c2ccc(Cl)cc12. The maximum absolute atomic E-state index is 12.4. The van der Waals surface area contributed by atoms with Gasteiger partial charge in [0.1, 0.15) is 5.76 Å². The van der Waals surface area contributed by atoms with Gasteiger partial charge < -0.3 is 14.7 Å². The number of aromatic amines is 1. The molecule has 0 atom stereocenters. The molecule has 1 aliphatic heterocycles. The fraction of sp³-hybridized carbons (Fsp3) is 0.190. The first-order valence-electron chi connectivity index (χ1n) is 9.32. The zero-order valence-electron chi connectivity index (χ0n) is 15.8. The summed E-state index contributed by atoms with van der Waals surface area (Å²) in [5.74, 6) is -0.136. The van der Waals surface area contributed by atoms with E-state index in [1.165, 1.54) is 12.3 Å². The van der Waals surface area contributed by atoms with Gasteiger partial charge in [-0.15, -0.1) is 0 Å². The summed E-state index contributed by atoms with van der Waals surface area (Å²) in [4.78, 5) is 41.2. The number of halogens is 1. The van der Waals surface area contributed by atoms with E-state index in [-0.39, 0.29) is 29.0 Å². The van der Waals surface area contributed by atoms with E-state index in [1.54, 1.807) is 12.1 Å². The lowest BCUT2D eigenvalue weighted by Crippen LogP contribution is -2.34. The van der Waals surface area contributed by atoms with Crippen LogP contribution in [0.2, 0.25) is 5.02 Å². The number of amides is 3. The van der Waals surface area contributed by atoms with Crippen molar-refractivity contribution in [1.82, 2.24) is 15.2 Å². The van der Waals surface area contributed by atoms with Gasteiger partial charge in [0.25, 0.3) is 11.1 Å². The lowest BCUT2D eigenvalue weighted by atomic mass is 10.1. The number of fused-ring (bicyclic) bond motifs is 1. The van der Waals surface area contributed by atoms with Gasteiger partial charge in [-0.3, -0.25) is 19.3 Å². The van der Waals surface area contributed by atoms with Gasteiger partial charge in [-0.2, -0.15) is 0 Å². The Balaban J connectivity index is 1.27. The minimum Gasteiger partial charge on any atom is -0.465 e. The quantitative estimate of drug-likeness (QED) is 0.533. The highest BCUT2D eigenvalue weighted by molar-refractivity contribution is 8.18. The van der Waals surface area contributed by atoms with Crippen LogP contribution in [-0.2, 0) is 16.0 Å². The molecule has 9 heteroatoms. The molecule has 1 saturated heterocycles. The molecular weight excluding hydrogens is 426 g/mol. The molecule has 0 aliphatic carbocycles. The van der Waals surface area contributed by atoms with E-state index >= 15 is 0 Å². The summed E-state index contributed by atoms with van der Waals surface area (Å²) >= 11 is 6.90. The molecule has 3 aromatic rings. The van der Waals surface area contributed by atoms with Crippen LogP contribution in [0.15, 0.2) is 52.1 Å². The summed E-state index contributed by atoms with van der Waals surface area (Å²) in [6.45, 7) is 0.479. The lowest BCUT2D eigenvalue weighted by molar-refractivity contribution is -0.124. The van der Waals surface area contributed by atoms with Gasteiger partial charge in [0.05, 0.1) is 11.2 Å². The highest BCUT2D eigenvalue weighted by atomic mass is 35.5. The molecular formula is C21H18ClN3O4S. The number of carbonyl (C=O) groups is 3. The largest absolute Gasteiger partial charge is 0.465 e.